The molecule has 0 saturated heterocycles. The molecule has 4 rings (SSSR count). The largest absolute Gasteiger partial charge is 0.490 e. The van der Waals surface area contributed by atoms with E-state index in [-0.39, 0.29) is 5.91 Å². The lowest BCUT2D eigenvalue weighted by Crippen LogP contribution is -2.41. The second-order valence-electron chi connectivity index (χ2n) is 7.84. The number of nitrogens with one attached hydrogen (secondary N) is 3. The Morgan fingerprint density at radius 1 is 0.486 bits per heavy atom. The van der Waals surface area contributed by atoms with E-state index in [1.807, 2.05) is 36.4 Å². The number of rotatable bonds is 9. The van der Waals surface area contributed by atoms with Crippen molar-refractivity contribution >= 4 is 23.4 Å². The standard InChI is InChI=1S/C29H25N3O5/c33-27(21-7-3-1-4-8-21)30-24-15-11-22(12-16-24)28(34)31-32-29(35)23-13-17-26(18-14-23)37-20-19-36-25-9-5-2-6-10-25/h1-18H,19-20H2,(H,30,33)(H,31,34)(H,32,35). The lowest BCUT2D eigenvalue weighted by Gasteiger charge is -2.10. The number of carbonyl (C=O) groups excluding carboxylic acids is 3. The minimum atomic E-state index is -0.493. The molecule has 3 N–H and O–H groups in total. The number of anilines is 1. The molecule has 186 valence electrons. The van der Waals surface area contributed by atoms with E-state index in [0.717, 1.165) is 5.75 Å². The van der Waals surface area contributed by atoms with Crippen LogP contribution in [0.15, 0.2) is 109 Å². The lowest BCUT2D eigenvalue weighted by molar-refractivity contribution is 0.0846. The van der Waals surface area contributed by atoms with Gasteiger partial charge in [-0.15, -0.1) is 0 Å². The Hall–Kier alpha value is -5.11. The van der Waals surface area contributed by atoms with Gasteiger partial charge in [-0.3, -0.25) is 25.2 Å². The highest BCUT2D eigenvalue weighted by molar-refractivity contribution is 6.04. The zero-order chi connectivity index (χ0) is 25.9. The molecule has 37 heavy (non-hydrogen) atoms. The number of carbonyl (C=O) groups is 3. The van der Waals surface area contributed by atoms with E-state index >= 15 is 0 Å². The summed E-state index contributed by atoms with van der Waals surface area (Å²) >= 11 is 0. The first-order chi connectivity index (χ1) is 18.1. The predicted molar refractivity (Wildman–Crippen MR) is 140 cm³/mol. The molecule has 0 atom stereocenters. The zero-order valence-corrected chi connectivity index (χ0v) is 19.8. The van der Waals surface area contributed by atoms with Gasteiger partial charge in [-0.2, -0.15) is 0 Å². The van der Waals surface area contributed by atoms with E-state index < -0.39 is 11.8 Å². The molecule has 3 amide bonds. The summed E-state index contributed by atoms with van der Waals surface area (Å²) in [6.07, 6.45) is 0. The Morgan fingerprint density at radius 3 is 1.46 bits per heavy atom. The van der Waals surface area contributed by atoms with Crippen LogP contribution in [-0.4, -0.2) is 30.9 Å². The molecule has 0 aliphatic rings. The molecule has 4 aromatic rings. The van der Waals surface area contributed by atoms with Crippen LogP contribution in [0.5, 0.6) is 11.5 Å². The van der Waals surface area contributed by atoms with E-state index in [2.05, 4.69) is 16.2 Å². The number of para-hydroxylation sites is 1. The summed E-state index contributed by atoms with van der Waals surface area (Å²) in [6.45, 7) is 0.740. The number of amides is 3. The summed E-state index contributed by atoms with van der Waals surface area (Å²) < 4.78 is 11.2. The Kier molecular flexibility index (Phi) is 8.48. The summed E-state index contributed by atoms with van der Waals surface area (Å²) in [5, 5.41) is 2.77. The molecule has 0 unspecified atom stereocenters. The maximum atomic E-state index is 12.4. The normalized spacial score (nSPS) is 10.2. The minimum Gasteiger partial charge on any atom is -0.490 e. The van der Waals surface area contributed by atoms with Gasteiger partial charge in [0.2, 0.25) is 0 Å². The van der Waals surface area contributed by atoms with E-state index in [4.69, 9.17) is 9.47 Å². The van der Waals surface area contributed by atoms with Crippen LogP contribution in [0.2, 0.25) is 0 Å². The maximum Gasteiger partial charge on any atom is 0.269 e. The average molecular weight is 496 g/mol. The molecule has 4 aromatic carbocycles. The zero-order valence-electron chi connectivity index (χ0n) is 19.8. The molecule has 0 saturated carbocycles. The van der Waals surface area contributed by atoms with Crippen LogP contribution in [0.3, 0.4) is 0 Å². The smallest absolute Gasteiger partial charge is 0.269 e. The molecule has 0 bridgehead atoms. The van der Waals surface area contributed by atoms with Crippen molar-refractivity contribution in [1.29, 1.82) is 0 Å². The second-order valence-corrected chi connectivity index (χ2v) is 7.84. The molecular weight excluding hydrogens is 470 g/mol. The van der Waals surface area contributed by atoms with Gasteiger partial charge in [-0.25, -0.2) is 0 Å². The molecule has 0 fully saturated rings. The fourth-order valence-corrected chi connectivity index (χ4v) is 3.29. The summed E-state index contributed by atoms with van der Waals surface area (Å²) in [5.74, 6) is 0.149. The van der Waals surface area contributed by atoms with Crippen LogP contribution in [0.25, 0.3) is 0 Å². The van der Waals surface area contributed by atoms with E-state index in [0.29, 0.717) is 41.3 Å². The van der Waals surface area contributed by atoms with Crippen molar-refractivity contribution in [3.05, 3.63) is 126 Å². The maximum absolute atomic E-state index is 12.4. The fourth-order valence-electron chi connectivity index (χ4n) is 3.29. The van der Waals surface area contributed by atoms with Crippen LogP contribution >= 0.6 is 0 Å². The third kappa shape index (κ3) is 7.43. The number of hydrogen-bond acceptors (Lipinski definition) is 5. The number of hydrogen-bond donors (Lipinski definition) is 3. The quantitative estimate of drug-likeness (QED) is 0.235. The van der Waals surface area contributed by atoms with Gasteiger partial charge >= 0.3 is 0 Å². The first-order valence-corrected chi connectivity index (χ1v) is 11.6. The van der Waals surface area contributed by atoms with Crippen molar-refractivity contribution in [3.8, 4) is 11.5 Å². The van der Waals surface area contributed by atoms with Crippen molar-refractivity contribution in [2.24, 2.45) is 0 Å². The van der Waals surface area contributed by atoms with Crippen molar-refractivity contribution in [1.82, 2.24) is 10.9 Å². The van der Waals surface area contributed by atoms with Gasteiger partial charge in [0.1, 0.15) is 24.7 Å². The van der Waals surface area contributed by atoms with Crippen molar-refractivity contribution < 1.29 is 23.9 Å². The summed E-state index contributed by atoms with van der Waals surface area (Å²) in [7, 11) is 0. The highest BCUT2D eigenvalue weighted by Crippen LogP contribution is 2.14. The molecule has 8 heteroatoms. The number of ether oxygens (including phenoxy) is 2. The molecule has 8 nitrogen and oxygen atoms in total. The van der Waals surface area contributed by atoms with Crippen LogP contribution in [-0.2, 0) is 0 Å². The monoisotopic (exact) mass is 495 g/mol. The van der Waals surface area contributed by atoms with E-state index in [9.17, 15) is 14.4 Å². The first-order valence-electron chi connectivity index (χ1n) is 11.6. The molecular formula is C29H25N3O5. The Morgan fingerprint density at radius 2 is 0.919 bits per heavy atom. The topological polar surface area (TPSA) is 106 Å². The molecule has 0 aliphatic carbocycles. The third-order valence-electron chi connectivity index (χ3n) is 5.21. The second kappa shape index (κ2) is 12.6. The van der Waals surface area contributed by atoms with Gasteiger partial charge in [0.05, 0.1) is 0 Å². The summed E-state index contributed by atoms with van der Waals surface area (Å²) in [5.41, 5.74) is 6.52. The molecule has 0 radical (unpaired) electrons. The van der Waals surface area contributed by atoms with E-state index in [1.54, 1.807) is 72.8 Å². The van der Waals surface area contributed by atoms with Crippen LogP contribution in [0.4, 0.5) is 5.69 Å². The summed E-state index contributed by atoms with van der Waals surface area (Å²) in [6, 6.07) is 31.1. The lowest BCUT2D eigenvalue weighted by atomic mass is 10.1. The number of hydrazine groups is 1. The van der Waals surface area contributed by atoms with Gasteiger partial charge < -0.3 is 14.8 Å². The molecule has 0 aromatic heterocycles. The van der Waals surface area contributed by atoms with Gasteiger partial charge in [0, 0.05) is 22.4 Å². The minimum absolute atomic E-state index is 0.248. The van der Waals surface area contributed by atoms with Gasteiger partial charge in [-0.05, 0) is 72.8 Å². The average Bonchev–Trinajstić information content (AvgIpc) is 2.95. The van der Waals surface area contributed by atoms with Crippen LogP contribution in [0, 0.1) is 0 Å². The van der Waals surface area contributed by atoms with Gasteiger partial charge in [-0.1, -0.05) is 36.4 Å². The van der Waals surface area contributed by atoms with Crippen LogP contribution in [0.1, 0.15) is 31.1 Å². The van der Waals surface area contributed by atoms with Crippen molar-refractivity contribution in [2.45, 2.75) is 0 Å². The SMILES string of the molecule is O=C(NNC(=O)c1ccc(OCCOc2ccccc2)cc1)c1ccc(NC(=O)c2ccccc2)cc1. The van der Waals surface area contributed by atoms with Crippen molar-refractivity contribution in [3.63, 3.8) is 0 Å². The van der Waals surface area contributed by atoms with Gasteiger partial charge in [0.25, 0.3) is 17.7 Å². The predicted octanol–water partition coefficient (Wildman–Crippen LogP) is 4.47. The van der Waals surface area contributed by atoms with Gasteiger partial charge in [0.15, 0.2) is 0 Å². The van der Waals surface area contributed by atoms with E-state index in [1.165, 1.54) is 0 Å². The van der Waals surface area contributed by atoms with Crippen LogP contribution < -0.4 is 25.6 Å². The Labute approximate surface area is 214 Å². The highest BCUT2D eigenvalue weighted by Gasteiger charge is 2.11. The third-order valence-corrected chi connectivity index (χ3v) is 5.21. The molecule has 0 aliphatic heterocycles. The number of benzene rings is 4. The fraction of sp³-hybridized carbons (Fsp3) is 0.0690. The Balaban J connectivity index is 1.20. The summed E-state index contributed by atoms with van der Waals surface area (Å²) in [4.78, 5) is 37.0. The Bertz CT molecular complexity index is 1330. The molecule has 0 heterocycles. The molecule has 0 spiro atoms. The highest BCUT2D eigenvalue weighted by atomic mass is 16.5. The van der Waals surface area contributed by atoms with Crippen molar-refractivity contribution in [2.75, 3.05) is 18.5 Å². The first kappa shape index (κ1) is 25.0.